The summed E-state index contributed by atoms with van der Waals surface area (Å²) in [6.45, 7) is 16.6. The lowest BCUT2D eigenvalue weighted by Gasteiger charge is -2.71. The Labute approximate surface area is 213 Å². The van der Waals surface area contributed by atoms with Crippen LogP contribution in [-0.4, -0.2) is 35.5 Å². The number of allylic oxidation sites excluding steroid dienone is 2. The maximum absolute atomic E-state index is 13.4. The number of esters is 1. The maximum atomic E-state index is 13.4. The van der Waals surface area contributed by atoms with Crippen LogP contribution in [0.15, 0.2) is 11.6 Å². The number of rotatable bonds is 1. The molecule has 4 nitrogen and oxygen atoms in total. The first-order valence-corrected chi connectivity index (χ1v) is 14.4. The second-order valence-corrected chi connectivity index (χ2v) is 14.8. The molecule has 5 aliphatic carbocycles. The van der Waals surface area contributed by atoms with Gasteiger partial charge in [-0.15, -0.1) is 0 Å². The van der Waals surface area contributed by atoms with E-state index in [-0.39, 0.29) is 39.0 Å². The maximum Gasteiger partial charge on any atom is 0.312 e. The normalized spacial score (nSPS) is 54.9. The molecule has 0 aromatic heterocycles. The average Bonchev–Trinajstić information content (AvgIpc) is 2.79. The van der Waals surface area contributed by atoms with Crippen molar-refractivity contribution in [2.45, 2.75) is 112 Å². The van der Waals surface area contributed by atoms with Gasteiger partial charge in [-0.2, -0.15) is 0 Å². The second-order valence-electron chi connectivity index (χ2n) is 14.8. The lowest BCUT2D eigenvalue weighted by Crippen LogP contribution is -2.67. The summed E-state index contributed by atoms with van der Waals surface area (Å²) >= 11 is 0. The number of ether oxygens (including phenoxy) is 1. The van der Waals surface area contributed by atoms with Crippen LogP contribution in [0.4, 0.5) is 0 Å². The standard InChI is InChI=1S/C31H50O4/c1-18-11-14-31(26(34)35-8)16-15-29(6)20(24(31)19(18)2)9-10-23-28(5)17-21(32)25(33)27(3,4)22(28)12-13-30(23,29)7/h9,18-19,21-25,32-33H,10-17H2,1-8H3/t18-,19+,21-,22?,23?,24+,25+,28+,29-,30-,31+/m1/s1. The minimum absolute atomic E-state index is 0.0114. The number of hydrogen-bond acceptors (Lipinski definition) is 4. The summed E-state index contributed by atoms with van der Waals surface area (Å²) in [5.41, 5.74) is 1.03. The molecular formula is C31H50O4. The van der Waals surface area contributed by atoms with Crippen molar-refractivity contribution in [2.75, 3.05) is 7.11 Å². The summed E-state index contributed by atoms with van der Waals surface area (Å²) in [5.74, 6) is 2.21. The molecule has 11 atom stereocenters. The lowest BCUT2D eigenvalue weighted by atomic mass is 9.33. The predicted molar refractivity (Wildman–Crippen MR) is 138 cm³/mol. The van der Waals surface area contributed by atoms with Gasteiger partial charge in [-0.05, 0) is 103 Å². The van der Waals surface area contributed by atoms with Crippen LogP contribution in [0.2, 0.25) is 0 Å². The molecule has 0 aromatic rings. The van der Waals surface area contributed by atoms with E-state index in [1.807, 2.05) is 0 Å². The first-order chi connectivity index (χ1) is 16.2. The largest absolute Gasteiger partial charge is 0.469 e. The third kappa shape index (κ3) is 3.02. The van der Waals surface area contributed by atoms with Gasteiger partial charge in [0.1, 0.15) is 0 Å². The van der Waals surface area contributed by atoms with Crippen LogP contribution in [0.1, 0.15) is 99.8 Å². The van der Waals surface area contributed by atoms with Crippen LogP contribution in [0.3, 0.4) is 0 Å². The molecule has 0 aromatic carbocycles. The molecule has 0 amide bonds. The zero-order valence-electron chi connectivity index (χ0n) is 23.5. The summed E-state index contributed by atoms with van der Waals surface area (Å²) in [4.78, 5) is 13.4. The molecule has 198 valence electrons. The molecule has 0 saturated heterocycles. The Hall–Kier alpha value is -0.870. The number of fused-ring (bicyclic) bond motifs is 7. The number of methoxy groups -OCH3 is 1. The van der Waals surface area contributed by atoms with E-state index in [4.69, 9.17) is 4.74 Å². The van der Waals surface area contributed by atoms with Crippen LogP contribution in [0, 0.1) is 56.7 Å². The summed E-state index contributed by atoms with van der Waals surface area (Å²) in [6, 6.07) is 0. The van der Waals surface area contributed by atoms with Gasteiger partial charge in [0.15, 0.2) is 0 Å². The third-order valence-corrected chi connectivity index (χ3v) is 13.5. The van der Waals surface area contributed by atoms with E-state index in [9.17, 15) is 15.0 Å². The molecule has 0 spiro atoms. The Morgan fingerprint density at radius 3 is 2.31 bits per heavy atom. The molecule has 0 radical (unpaired) electrons. The summed E-state index contributed by atoms with van der Waals surface area (Å²) in [6.07, 6.45) is 9.19. The van der Waals surface area contributed by atoms with Crippen LogP contribution in [0.25, 0.3) is 0 Å². The van der Waals surface area contributed by atoms with Gasteiger partial charge in [0.25, 0.3) is 0 Å². The van der Waals surface area contributed by atoms with Crippen molar-refractivity contribution in [3.05, 3.63) is 11.6 Å². The van der Waals surface area contributed by atoms with Crippen molar-refractivity contribution < 1.29 is 19.7 Å². The highest BCUT2D eigenvalue weighted by atomic mass is 16.5. The van der Waals surface area contributed by atoms with Crippen LogP contribution in [-0.2, 0) is 9.53 Å². The number of hydrogen-bond donors (Lipinski definition) is 2. The monoisotopic (exact) mass is 486 g/mol. The fourth-order valence-electron chi connectivity index (χ4n) is 11.2. The Morgan fingerprint density at radius 2 is 1.66 bits per heavy atom. The smallest absolute Gasteiger partial charge is 0.312 e. The number of carbonyl (C=O) groups is 1. The van der Waals surface area contributed by atoms with Crippen molar-refractivity contribution in [1.82, 2.24) is 0 Å². The van der Waals surface area contributed by atoms with Gasteiger partial charge in [-0.3, -0.25) is 4.79 Å². The zero-order chi connectivity index (χ0) is 25.8. The first kappa shape index (κ1) is 25.8. The van der Waals surface area contributed by atoms with E-state index in [2.05, 4.69) is 54.5 Å². The van der Waals surface area contributed by atoms with E-state index in [1.165, 1.54) is 0 Å². The van der Waals surface area contributed by atoms with Gasteiger partial charge in [-0.25, -0.2) is 0 Å². The van der Waals surface area contributed by atoms with Gasteiger partial charge in [0, 0.05) is 0 Å². The van der Waals surface area contributed by atoms with Gasteiger partial charge < -0.3 is 14.9 Å². The minimum Gasteiger partial charge on any atom is -0.469 e. The molecule has 4 fully saturated rings. The molecular weight excluding hydrogens is 436 g/mol. The van der Waals surface area contributed by atoms with E-state index in [1.54, 1.807) is 12.7 Å². The van der Waals surface area contributed by atoms with Crippen molar-refractivity contribution in [2.24, 2.45) is 56.7 Å². The molecule has 5 aliphatic rings. The average molecular weight is 487 g/mol. The van der Waals surface area contributed by atoms with Crippen LogP contribution < -0.4 is 0 Å². The van der Waals surface area contributed by atoms with Gasteiger partial charge in [0.05, 0.1) is 24.7 Å². The minimum atomic E-state index is -0.663. The van der Waals surface area contributed by atoms with E-state index in [0.717, 1.165) is 44.9 Å². The van der Waals surface area contributed by atoms with Crippen molar-refractivity contribution in [3.8, 4) is 0 Å². The highest BCUT2D eigenvalue weighted by molar-refractivity contribution is 5.78. The summed E-state index contributed by atoms with van der Waals surface area (Å²) < 4.78 is 5.49. The van der Waals surface area contributed by atoms with Crippen molar-refractivity contribution in [3.63, 3.8) is 0 Å². The number of aliphatic hydroxyl groups excluding tert-OH is 2. The quantitative estimate of drug-likeness (QED) is 0.345. The summed E-state index contributed by atoms with van der Waals surface area (Å²) in [5, 5.41) is 22.0. The van der Waals surface area contributed by atoms with Crippen LogP contribution in [0.5, 0.6) is 0 Å². The first-order valence-electron chi connectivity index (χ1n) is 14.4. The molecule has 4 heteroatoms. The van der Waals surface area contributed by atoms with Gasteiger partial charge in [0.2, 0.25) is 0 Å². The van der Waals surface area contributed by atoms with E-state index in [0.29, 0.717) is 30.1 Å². The molecule has 0 heterocycles. The Balaban J connectivity index is 1.62. The Kier molecular flexibility index (Phi) is 5.76. The zero-order valence-corrected chi connectivity index (χ0v) is 23.5. The molecule has 0 bridgehead atoms. The van der Waals surface area contributed by atoms with Gasteiger partial charge in [-0.1, -0.05) is 60.1 Å². The fourth-order valence-corrected chi connectivity index (χ4v) is 11.2. The van der Waals surface area contributed by atoms with Gasteiger partial charge >= 0.3 is 5.97 Å². The predicted octanol–water partition coefficient (Wildman–Crippen LogP) is 6.15. The second kappa shape index (κ2) is 7.82. The lowest BCUT2D eigenvalue weighted by molar-refractivity contribution is -0.232. The van der Waals surface area contributed by atoms with E-state index < -0.39 is 12.2 Å². The fraction of sp³-hybridized carbons (Fsp3) is 0.903. The number of aliphatic hydroxyl groups is 2. The Bertz CT molecular complexity index is 923. The van der Waals surface area contributed by atoms with E-state index >= 15 is 0 Å². The summed E-state index contributed by atoms with van der Waals surface area (Å²) in [7, 11) is 1.57. The highest BCUT2D eigenvalue weighted by Crippen LogP contribution is 2.75. The highest BCUT2D eigenvalue weighted by Gasteiger charge is 2.70. The van der Waals surface area contributed by atoms with Crippen molar-refractivity contribution in [1.29, 1.82) is 0 Å². The topological polar surface area (TPSA) is 66.8 Å². The molecule has 5 rings (SSSR count). The Morgan fingerprint density at radius 1 is 0.971 bits per heavy atom. The van der Waals surface area contributed by atoms with Crippen molar-refractivity contribution >= 4 is 5.97 Å². The SMILES string of the molecule is COC(=O)[C@]12CC[C@@H](C)[C@H](C)[C@H]1C1=CCC3[C@@]4(C)C[C@@H](O)[C@H](O)C(C)(C)C4CC[C@@]3(C)[C@]1(C)CC2. The molecule has 35 heavy (non-hydrogen) atoms. The number of carbonyl (C=O) groups excluding carboxylic acids is 1. The molecule has 2 unspecified atom stereocenters. The van der Waals surface area contributed by atoms with Crippen LogP contribution >= 0.6 is 0 Å². The third-order valence-electron chi connectivity index (χ3n) is 13.5. The molecule has 4 saturated carbocycles. The molecule has 0 aliphatic heterocycles. The molecule has 2 N–H and O–H groups in total.